The molecule has 3 nitrogen and oxygen atoms in total. The predicted molar refractivity (Wildman–Crippen MR) is 54.5 cm³/mol. The quantitative estimate of drug-likeness (QED) is 0.770. The maximum absolute atomic E-state index is 5.67. The summed E-state index contributed by atoms with van der Waals surface area (Å²) in [5.74, 6) is 1.39. The van der Waals surface area contributed by atoms with E-state index in [2.05, 4.69) is 9.97 Å². The number of halogens is 1. The SMILES string of the molecule is Clc1cncc(OCCC2CCC2)n1. The van der Waals surface area contributed by atoms with Crippen LogP contribution in [-0.4, -0.2) is 16.6 Å². The maximum atomic E-state index is 5.67. The zero-order chi connectivity index (χ0) is 9.80. The van der Waals surface area contributed by atoms with Crippen LogP contribution in [0, 0.1) is 5.92 Å². The van der Waals surface area contributed by atoms with E-state index in [1.54, 1.807) is 6.20 Å². The molecule has 1 aliphatic rings. The highest BCUT2D eigenvalue weighted by molar-refractivity contribution is 6.29. The van der Waals surface area contributed by atoms with E-state index in [1.165, 1.54) is 25.5 Å². The monoisotopic (exact) mass is 212 g/mol. The Morgan fingerprint density at radius 3 is 2.93 bits per heavy atom. The van der Waals surface area contributed by atoms with Gasteiger partial charge in [0, 0.05) is 0 Å². The van der Waals surface area contributed by atoms with Crippen LogP contribution in [0.1, 0.15) is 25.7 Å². The molecule has 2 rings (SSSR count). The molecule has 0 radical (unpaired) electrons. The molecule has 1 aromatic heterocycles. The van der Waals surface area contributed by atoms with Crippen LogP contribution in [0.25, 0.3) is 0 Å². The van der Waals surface area contributed by atoms with Crippen molar-refractivity contribution in [3.05, 3.63) is 17.5 Å². The summed E-state index contributed by atoms with van der Waals surface area (Å²) in [5.41, 5.74) is 0. The third-order valence-electron chi connectivity index (χ3n) is 2.58. The van der Waals surface area contributed by atoms with Crippen molar-refractivity contribution in [1.29, 1.82) is 0 Å². The first-order valence-corrected chi connectivity index (χ1v) is 5.33. The van der Waals surface area contributed by atoms with E-state index in [-0.39, 0.29) is 0 Å². The Morgan fingerprint density at radius 1 is 1.43 bits per heavy atom. The Labute approximate surface area is 88.5 Å². The van der Waals surface area contributed by atoms with Crippen molar-refractivity contribution < 1.29 is 4.74 Å². The van der Waals surface area contributed by atoms with Crippen molar-refractivity contribution in [1.82, 2.24) is 9.97 Å². The Hall–Kier alpha value is -0.830. The van der Waals surface area contributed by atoms with E-state index >= 15 is 0 Å². The van der Waals surface area contributed by atoms with Gasteiger partial charge in [0.05, 0.1) is 19.0 Å². The van der Waals surface area contributed by atoms with Crippen molar-refractivity contribution in [3.63, 3.8) is 0 Å². The minimum absolute atomic E-state index is 0.381. The van der Waals surface area contributed by atoms with Gasteiger partial charge in [-0.15, -0.1) is 0 Å². The second kappa shape index (κ2) is 4.60. The molecule has 1 saturated carbocycles. The van der Waals surface area contributed by atoms with Crippen LogP contribution < -0.4 is 4.74 Å². The highest BCUT2D eigenvalue weighted by Gasteiger charge is 2.16. The fourth-order valence-corrected chi connectivity index (χ4v) is 1.65. The van der Waals surface area contributed by atoms with Gasteiger partial charge < -0.3 is 4.74 Å². The van der Waals surface area contributed by atoms with Crippen LogP contribution in [0.2, 0.25) is 5.15 Å². The summed E-state index contributed by atoms with van der Waals surface area (Å²) in [4.78, 5) is 7.89. The molecule has 0 atom stereocenters. The Bertz CT molecular complexity index is 302. The lowest BCUT2D eigenvalue weighted by Crippen LogP contribution is -2.14. The van der Waals surface area contributed by atoms with E-state index in [9.17, 15) is 0 Å². The van der Waals surface area contributed by atoms with Gasteiger partial charge in [-0.25, -0.2) is 0 Å². The van der Waals surface area contributed by atoms with Crippen molar-refractivity contribution in [2.75, 3.05) is 6.61 Å². The minimum atomic E-state index is 0.381. The van der Waals surface area contributed by atoms with Gasteiger partial charge in [0.15, 0.2) is 5.15 Å². The third-order valence-corrected chi connectivity index (χ3v) is 2.77. The van der Waals surface area contributed by atoms with Crippen molar-refractivity contribution in [2.24, 2.45) is 5.92 Å². The highest BCUT2D eigenvalue weighted by atomic mass is 35.5. The van der Waals surface area contributed by atoms with Gasteiger partial charge in [-0.1, -0.05) is 30.9 Å². The van der Waals surface area contributed by atoms with Gasteiger partial charge in [0.2, 0.25) is 5.88 Å². The first-order chi connectivity index (χ1) is 6.84. The molecule has 0 N–H and O–H groups in total. The van der Waals surface area contributed by atoms with Gasteiger partial charge in [-0.2, -0.15) is 4.98 Å². The molecular formula is C10H13ClN2O. The zero-order valence-electron chi connectivity index (χ0n) is 7.95. The fraction of sp³-hybridized carbons (Fsp3) is 0.600. The van der Waals surface area contributed by atoms with Crippen LogP contribution >= 0.6 is 11.6 Å². The summed E-state index contributed by atoms with van der Waals surface area (Å²) >= 11 is 5.67. The van der Waals surface area contributed by atoms with Crippen molar-refractivity contribution >= 4 is 11.6 Å². The summed E-state index contributed by atoms with van der Waals surface area (Å²) in [5, 5.41) is 0.381. The first kappa shape index (κ1) is 9.71. The second-order valence-corrected chi connectivity index (χ2v) is 4.00. The van der Waals surface area contributed by atoms with E-state index in [0.717, 1.165) is 18.9 Å². The van der Waals surface area contributed by atoms with E-state index < -0.39 is 0 Å². The Kier molecular flexibility index (Phi) is 3.19. The summed E-state index contributed by atoms with van der Waals surface area (Å²) in [6, 6.07) is 0. The summed E-state index contributed by atoms with van der Waals surface area (Å²) in [6.07, 6.45) is 8.29. The molecule has 0 amide bonds. The lowest BCUT2D eigenvalue weighted by Gasteiger charge is -2.24. The number of hydrogen-bond acceptors (Lipinski definition) is 3. The van der Waals surface area contributed by atoms with E-state index in [1.807, 2.05) is 0 Å². The number of rotatable bonds is 4. The molecule has 0 spiro atoms. The lowest BCUT2D eigenvalue weighted by molar-refractivity contribution is 0.217. The number of nitrogens with zero attached hydrogens (tertiary/aromatic N) is 2. The molecule has 1 fully saturated rings. The molecule has 76 valence electrons. The average Bonchev–Trinajstić information content (AvgIpc) is 2.09. The molecule has 4 heteroatoms. The zero-order valence-corrected chi connectivity index (χ0v) is 8.70. The average molecular weight is 213 g/mol. The van der Waals surface area contributed by atoms with Crippen molar-refractivity contribution in [2.45, 2.75) is 25.7 Å². The first-order valence-electron chi connectivity index (χ1n) is 4.95. The normalized spacial score (nSPS) is 16.4. The second-order valence-electron chi connectivity index (χ2n) is 3.61. The topological polar surface area (TPSA) is 35.0 Å². The van der Waals surface area contributed by atoms with Crippen LogP contribution in [0.4, 0.5) is 0 Å². The molecule has 1 aromatic rings. The number of ether oxygens (including phenoxy) is 1. The van der Waals surface area contributed by atoms with Gasteiger partial charge in [0.1, 0.15) is 0 Å². The molecule has 1 heterocycles. The van der Waals surface area contributed by atoms with Crippen LogP contribution in [0.15, 0.2) is 12.4 Å². The minimum Gasteiger partial charge on any atom is -0.477 e. The fourth-order valence-electron chi connectivity index (χ4n) is 1.51. The maximum Gasteiger partial charge on any atom is 0.233 e. The third kappa shape index (κ3) is 2.58. The molecular weight excluding hydrogens is 200 g/mol. The molecule has 0 bridgehead atoms. The predicted octanol–water partition coefficient (Wildman–Crippen LogP) is 2.70. The standard InChI is InChI=1S/C10H13ClN2O/c11-9-6-12-7-10(13-9)14-5-4-8-2-1-3-8/h6-8H,1-5H2. The molecule has 0 aliphatic heterocycles. The van der Waals surface area contributed by atoms with Gasteiger partial charge >= 0.3 is 0 Å². The Balaban J connectivity index is 1.74. The van der Waals surface area contributed by atoms with Gasteiger partial charge in [0.25, 0.3) is 0 Å². The smallest absolute Gasteiger partial charge is 0.233 e. The van der Waals surface area contributed by atoms with E-state index in [4.69, 9.17) is 16.3 Å². The largest absolute Gasteiger partial charge is 0.477 e. The Morgan fingerprint density at radius 2 is 2.29 bits per heavy atom. The highest BCUT2D eigenvalue weighted by Crippen LogP contribution is 2.29. The van der Waals surface area contributed by atoms with Crippen LogP contribution in [-0.2, 0) is 0 Å². The van der Waals surface area contributed by atoms with Gasteiger partial charge in [-0.3, -0.25) is 4.98 Å². The summed E-state index contributed by atoms with van der Waals surface area (Å²) in [7, 11) is 0. The molecule has 14 heavy (non-hydrogen) atoms. The van der Waals surface area contributed by atoms with Crippen LogP contribution in [0.3, 0.4) is 0 Å². The molecule has 1 aliphatic carbocycles. The summed E-state index contributed by atoms with van der Waals surface area (Å²) in [6.45, 7) is 0.722. The molecule has 0 saturated heterocycles. The number of hydrogen-bond donors (Lipinski definition) is 0. The van der Waals surface area contributed by atoms with Gasteiger partial charge in [-0.05, 0) is 12.3 Å². The lowest BCUT2D eigenvalue weighted by atomic mass is 9.83. The summed E-state index contributed by atoms with van der Waals surface area (Å²) < 4.78 is 5.44. The molecule has 0 aromatic carbocycles. The van der Waals surface area contributed by atoms with E-state index in [0.29, 0.717) is 11.0 Å². The number of aromatic nitrogens is 2. The van der Waals surface area contributed by atoms with Crippen molar-refractivity contribution in [3.8, 4) is 5.88 Å². The van der Waals surface area contributed by atoms with Crippen LogP contribution in [0.5, 0.6) is 5.88 Å². The molecule has 0 unspecified atom stereocenters.